The Balaban J connectivity index is 2.86. The Labute approximate surface area is 176 Å². The predicted octanol–water partition coefficient (Wildman–Crippen LogP) is -0.777. The molecule has 0 bridgehead atoms. The molecule has 11 nitrogen and oxygen atoms in total. The molecular weight excluding hydrogens is 396 g/mol. The lowest BCUT2D eigenvalue weighted by Crippen LogP contribution is -2.50. The fraction of sp³-hybridized carbons (Fsp3) is 0.789. The van der Waals surface area contributed by atoms with Gasteiger partial charge < -0.3 is 20.6 Å². The second kappa shape index (κ2) is 13.1. The summed E-state index contributed by atoms with van der Waals surface area (Å²) >= 11 is 0. The number of amides is 1. The van der Waals surface area contributed by atoms with Crippen molar-refractivity contribution in [2.24, 2.45) is 0 Å². The highest BCUT2D eigenvalue weighted by molar-refractivity contribution is 5.78. The van der Waals surface area contributed by atoms with Crippen molar-refractivity contribution in [3.05, 3.63) is 0 Å². The van der Waals surface area contributed by atoms with Crippen molar-refractivity contribution < 1.29 is 34.5 Å². The summed E-state index contributed by atoms with van der Waals surface area (Å²) in [5, 5.41) is 30.7. The maximum absolute atomic E-state index is 11.9. The molecule has 172 valence electrons. The molecule has 0 aliphatic carbocycles. The number of hydrogen-bond acceptors (Lipinski definition) is 7. The van der Waals surface area contributed by atoms with Gasteiger partial charge in [-0.25, -0.2) is 0 Å². The largest absolute Gasteiger partial charge is 0.480 e. The fourth-order valence-corrected chi connectivity index (χ4v) is 3.52. The molecule has 1 saturated heterocycles. The van der Waals surface area contributed by atoms with E-state index in [0.29, 0.717) is 45.7 Å². The highest BCUT2D eigenvalue weighted by Gasteiger charge is 2.28. The molecule has 1 atom stereocenters. The lowest BCUT2D eigenvalue weighted by Gasteiger charge is -2.34. The number of carboxylic acids is 3. The number of carboxylic acid groups (broad SMARTS) is 3. The molecule has 0 aromatic carbocycles. The van der Waals surface area contributed by atoms with Crippen molar-refractivity contribution in [3.63, 3.8) is 0 Å². The average molecular weight is 431 g/mol. The summed E-state index contributed by atoms with van der Waals surface area (Å²) in [5.74, 6) is -3.20. The van der Waals surface area contributed by atoms with Gasteiger partial charge in [0, 0.05) is 51.7 Å². The Bertz CT molecular complexity index is 599. The Hall–Kier alpha value is -2.24. The van der Waals surface area contributed by atoms with E-state index in [1.165, 1.54) is 0 Å². The summed E-state index contributed by atoms with van der Waals surface area (Å²) in [6.45, 7) is 5.68. The van der Waals surface area contributed by atoms with E-state index >= 15 is 0 Å². The maximum Gasteiger partial charge on any atom is 0.320 e. The first-order valence-electron chi connectivity index (χ1n) is 10.2. The van der Waals surface area contributed by atoms with Gasteiger partial charge in [0.25, 0.3) is 0 Å². The van der Waals surface area contributed by atoms with Crippen LogP contribution in [0.1, 0.15) is 33.1 Å². The van der Waals surface area contributed by atoms with E-state index < -0.39 is 23.9 Å². The number of rotatable bonds is 10. The number of carbonyl (C=O) groups excluding carboxylic acids is 1. The molecule has 1 amide bonds. The van der Waals surface area contributed by atoms with Gasteiger partial charge in [0.1, 0.15) is 6.04 Å². The standard InChI is InChI=1S/C19H34N4O7/c1-14(2)20-16(24)5-4-15(19(29)30)23-7-3-6-21(12-17(25)26)8-9-22(10-11-23)13-18(27)28/h14-15H,3-13H2,1-2H3,(H,20,24)(H,25,26)(H,27,28)(H,29,30). The summed E-state index contributed by atoms with van der Waals surface area (Å²) in [4.78, 5) is 51.3. The second-order valence-electron chi connectivity index (χ2n) is 7.84. The average Bonchev–Trinajstić information content (AvgIpc) is 2.60. The molecule has 1 heterocycles. The van der Waals surface area contributed by atoms with E-state index in [1.807, 2.05) is 13.8 Å². The summed E-state index contributed by atoms with van der Waals surface area (Å²) in [6, 6.07) is -0.901. The minimum absolute atomic E-state index is 0.0282. The van der Waals surface area contributed by atoms with Crippen LogP contribution >= 0.6 is 0 Å². The van der Waals surface area contributed by atoms with Crippen LogP contribution in [-0.2, 0) is 19.2 Å². The van der Waals surface area contributed by atoms with E-state index in [9.17, 15) is 24.3 Å². The highest BCUT2D eigenvalue weighted by atomic mass is 16.4. The molecule has 0 radical (unpaired) electrons. The van der Waals surface area contributed by atoms with Crippen LogP contribution in [0.3, 0.4) is 0 Å². The number of nitrogens with zero attached hydrogens (tertiary/aromatic N) is 3. The molecule has 1 unspecified atom stereocenters. The van der Waals surface area contributed by atoms with Crippen LogP contribution in [0.25, 0.3) is 0 Å². The molecule has 4 N–H and O–H groups in total. The van der Waals surface area contributed by atoms with Gasteiger partial charge in [-0.2, -0.15) is 0 Å². The Morgan fingerprint density at radius 3 is 1.87 bits per heavy atom. The van der Waals surface area contributed by atoms with Crippen molar-refractivity contribution in [3.8, 4) is 0 Å². The molecule has 30 heavy (non-hydrogen) atoms. The SMILES string of the molecule is CC(C)NC(=O)CCC(C(=O)O)N1CCCN(CC(=O)O)CCN(CC(=O)O)CC1. The number of nitrogens with one attached hydrogen (secondary N) is 1. The molecule has 0 saturated carbocycles. The minimum Gasteiger partial charge on any atom is -0.480 e. The van der Waals surface area contributed by atoms with Crippen molar-refractivity contribution in [2.75, 3.05) is 52.4 Å². The molecule has 0 aromatic rings. The fourth-order valence-electron chi connectivity index (χ4n) is 3.52. The first kappa shape index (κ1) is 25.8. The third kappa shape index (κ3) is 10.5. The van der Waals surface area contributed by atoms with E-state index in [-0.39, 0.29) is 37.9 Å². The second-order valence-corrected chi connectivity index (χ2v) is 7.84. The van der Waals surface area contributed by atoms with Crippen molar-refractivity contribution in [1.29, 1.82) is 0 Å². The normalized spacial score (nSPS) is 18.6. The Morgan fingerprint density at radius 2 is 1.37 bits per heavy atom. The number of hydrogen-bond donors (Lipinski definition) is 4. The van der Waals surface area contributed by atoms with Gasteiger partial charge in [0.15, 0.2) is 0 Å². The first-order chi connectivity index (χ1) is 14.1. The predicted molar refractivity (Wildman–Crippen MR) is 108 cm³/mol. The van der Waals surface area contributed by atoms with Crippen LogP contribution in [0.5, 0.6) is 0 Å². The minimum atomic E-state index is -1.03. The van der Waals surface area contributed by atoms with Crippen molar-refractivity contribution in [2.45, 2.75) is 45.2 Å². The van der Waals surface area contributed by atoms with Gasteiger partial charge in [0.2, 0.25) is 5.91 Å². The zero-order valence-electron chi connectivity index (χ0n) is 17.7. The molecule has 11 heteroatoms. The first-order valence-corrected chi connectivity index (χ1v) is 10.2. The zero-order valence-corrected chi connectivity index (χ0v) is 17.7. The van der Waals surface area contributed by atoms with Gasteiger partial charge in [0.05, 0.1) is 13.1 Å². The topological polar surface area (TPSA) is 151 Å². The van der Waals surface area contributed by atoms with Gasteiger partial charge in [-0.1, -0.05) is 0 Å². The third-order valence-corrected chi connectivity index (χ3v) is 4.89. The molecule has 0 spiro atoms. The van der Waals surface area contributed by atoms with Gasteiger partial charge in [-0.15, -0.1) is 0 Å². The Morgan fingerprint density at radius 1 is 0.833 bits per heavy atom. The van der Waals surface area contributed by atoms with E-state index in [1.54, 1.807) is 14.7 Å². The number of aliphatic carboxylic acids is 3. The lowest BCUT2D eigenvalue weighted by molar-refractivity contribution is -0.144. The molecule has 0 aromatic heterocycles. The molecular formula is C19H34N4O7. The van der Waals surface area contributed by atoms with Crippen LogP contribution < -0.4 is 5.32 Å². The van der Waals surface area contributed by atoms with Crippen LogP contribution in [-0.4, -0.2) is 118 Å². The van der Waals surface area contributed by atoms with Gasteiger partial charge in [-0.05, 0) is 26.7 Å². The molecule has 1 rings (SSSR count). The van der Waals surface area contributed by atoms with Crippen LogP contribution in [0.4, 0.5) is 0 Å². The zero-order chi connectivity index (χ0) is 22.7. The smallest absolute Gasteiger partial charge is 0.320 e. The summed E-state index contributed by atoms with van der Waals surface area (Å²) in [6.07, 6.45) is 0.801. The van der Waals surface area contributed by atoms with Gasteiger partial charge in [-0.3, -0.25) is 33.9 Å². The summed E-state index contributed by atoms with van der Waals surface area (Å²) < 4.78 is 0. The molecule has 1 fully saturated rings. The molecule has 1 aliphatic rings. The monoisotopic (exact) mass is 430 g/mol. The maximum atomic E-state index is 11.9. The summed E-state index contributed by atoms with van der Waals surface area (Å²) in [7, 11) is 0. The van der Waals surface area contributed by atoms with Crippen LogP contribution in [0, 0.1) is 0 Å². The van der Waals surface area contributed by atoms with E-state index in [0.717, 1.165) is 0 Å². The lowest BCUT2D eigenvalue weighted by atomic mass is 10.1. The van der Waals surface area contributed by atoms with Crippen LogP contribution in [0.2, 0.25) is 0 Å². The van der Waals surface area contributed by atoms with Gasteiger partial charge >= 0.3 is 17.9 Å². The van der Waals surface area contributed by atoms with E-state index in [2.05, 4.69) is 5.32 Å². The summed E-state index contributed by atoms with van der Waals surface area (Å²) in [5.41, 5.74) is 0. The van der Waals surface area contributed by atoms with Crippen molar-refractivity contribution >= 4 is 23.8 Å². The van der Waals surface area contributed by atoms with Crippen molar-refractivity contribution in [1.82, 2.24) is 20.0 Å². The number of carbonyl (C=O) groups is 4. The Kier molecular flexibility index (Phi) is 11.3. The quantitative estimate of drug-likeness (QED) is 0.347. The molecule has 1 aliphatic heterocycles. The highest BCUT2D eigenvalue weighted by Crippen LogP contribution is 2.11. The van der Waals surface area contributed by atoms with Crippen LogP contribution in [0.15, 0.2) is 0 Å². The third-order valence-electron chi connectivity index (χ3n) is 4.89. The van der Waals surface area contributed by atoms with E-state index in [4.69, 9.17) is 10.2 Å².